The predicted molar refractivity (Wildman–Crippen MR) is 44.6 cm³/mol. The minimum Gasteiger partial charge on any atom is -0.373 e. The summed E-state index contributed by atoms with van der Waals surface area (Å²) in [6.07, 6.45) is -4.41. The molecule has 78 valence electrons. The van der Waals surface area contributed by atoms with Crippen molar-refractivity contribution in [2.24, 2.45) is 0 Å². The lowest BCUT2D eigenvalue weighted by atomic mass is 10.3. The fourth-order valence-electron chi connectivity index (χ4n) is 1.30. The van der Waals surface area contributed by atoms with Crippen LogP contribution in [0.4, 0.5) is 13.2 Å². The SMILES string of the molecule is FC(F)(F)c1nn2c(c1Br)COCC2. The highest BCUT2D eigenvalue weighted by atomic mass is 79.9. The molecule has 2 heterocycles. The lowest BCUT2D eigenvalue weighted by molar-refractivity contribution is -0.142. The Balaban J connectivity index is 2.49. The number of ether oxygens (including phenoxy) is 1. The van der Waals surface area contributed by atoms with Gasteiger partial charge in [-0.25, -0.2) is 0 Å². The number of hydrogen-bond donors (Lipinski definition) is 0. The predicted octanol–water partition coefficient (Wildman–Crippen LogP) is 2.19. The number of fused-ring (bicyclic) bond motifs is 1. The van der Waals surface area contributed by atoms with Gasteiger partial charge in [-0.3, -0.25) is 4.68 Å². The van der Waals surface area contributed by atoms with Gasteiger partial charge in [0.15, 0.2) is 5.69 Å². The minimum atomic E-state index is -4.41. The number of alkyl halides is 3. The summed E-state index contributed by atoms with van der Waals surface area (Å²) in [5.41, 5.74) is -0.429. The average Bonchev–Trinajstić information content (AvgIpc) is 2.44. The molecular formula is C7H6BrF3N2O. The third kappa shape index (κ3) is 1.54. The number of rotatable bonds is 0. The Morgan fingerprint density at radius 3 is 2.71 bits per heavy atom. The van der Waals surface area contributed by atoms with Gasteiger partial charge >= 0.3 is 6.18 Å². The molecule has 0 unspecified atom stereocenters. The molecule has 0 bridgehead atoms. The van der Waals surface area contributed by atoms with Crippen molar-refractivity contribution in [1.29, 1.82) is 0 Å². The number of hydrogen-bond acceptors (Lipinski definition) is 2. The second-order valence-electron chi connectivity index (χ2n) is 2.88. The van der Waals surface area contributed by atoms with E-state index < -0.39 is 11.9 Å². The first kappa shape index (κ1) is 9.97. The highest BCUT2D eigenvalue weighted by molar-refractivity contribution is 9.10. The van der Waals surface area contributed by atoms with E-state index in [4.69, 9.17) is 4.74 Å². The molecule has 0 amide bonds. The van der Waals surface area contributed by atoms with E-state index in [0.717, 1.165) is 0 Å². The van der Waals surface area contributed by atoms with Gasteiger partial charge in [0.2, 0.25) is 0 Å². The van der Waals surface area contributed by atoms with E-state index >= 15 is 0 Å². The Hall–Kier alpha value is -0.560. The largest absolute Gasteiger partial charge is 0.436 e. The van der Waals surface area contributed by atoms with Gasteiger partial charge in [0.05, 0.1) is 29.9 Å². The highest BCUT2D eigenvalue weighted by Crippen LogP contribution is 2.36. The average molecular weight is 271 g/mol. The first-order valence-electron chi connectivity index (χ1n) is 3.90. The molecule has 14 heavy (non-hydrogen) atoms. The zero-order valence-corrected chi connectivity index (χ0v) is 8.52. The van der Waals surface area contributed by atoms with Crippen molar-refractivity contribution < 1.29 is 17.9 Å². The van der Waals surface area contributed by atoms with E-state index in [0.29, 0.717) is 18.8 Å². The van der Waals surface area contributed by atoms with Crippen molar-refractivity contribution in [2.45, 2.75) is 19.3 Å². The van der Waals surface area contributed by atoms with Crippen LogP contribution in [-0.2, 0) is 24.1 Å². The summed E-state index contributed by atoms with van der Waals surface area (Å²) in [4.78, 5) is 0. The molecule has 0 aromatic carbocycles. The second kappa shape index (κ2) is 3.23. The summed E-state index contributed by atoms with van der Waals surface area (Å²) in [5.74, 6) is 0. The molecule has 0 spiro atoms. The summed E-state index contributed by atoms with van der Waals surface area (Å²) < 4.78 is 43.5. The third-order valence-corrected chi connectivity index (χ3v) is 2.78. The number of halogens is 4. The van der Waals surface area contributed by atoms with Gasteiger partial charge in [-0.1, -0.05) is 0 Å². The fraction of sp³-hybridized carbons (Fsp3) is 0.571. The fourth-order valence-corrected chi connectivity index (χ4v) is 1.92. The van der Waals surface area contributed by atoms with Crippen molar-refractivity contribution in [3.05, 3.63) is 15.9 Å². The minimum absolute atomic E-state index is 0.00954. The van der Waals surface area contributed by atoms with Crippen LogP contribution in [0.15, 0.2) is 4.47 Å². The molecule has 1 aliphatic rings. The van der Waals surface area contributed by atoms with E-state index in [9.17, 15) is 13.2 Å². The van der Waals surface area contributed by atoms with Gasteiger partial charge in [0, 0.05) is 0 Å². The first-order chi connectivity index (χ1) is 6.50. The van der Waals surface area contributed by atoms with Crippen LogP contribution in [0.3, 0.4) is 0 Å². The molecule has 1 aromatic rings. The van der Waals surface area contributed by atoms with Gasteiger partial charge in [-0.15, -0.1) is 0 Å². The maximum absolute atomic E-state index is 12.4. The van der Waals surface area contributed by atoms with Crippen LogP contribution in [0.5, 0.6) is 0 Å². The topological polar surface area (TPSA) is 27.1 Å². The first-order valence-corrected chi connectivity index (χ1v) is 4.69. The van der Waals surface area contributed by atoms with Gasteiger partial charge in [-0.2, -0.15) is 18.3 Å². The molecule has 0 N–H and O–H groups in total. The van der Waals surface area contributed by atoms with Crippen molar-refractivity contribution >= 4 is 15.9 Å². The van der Waals surface area contributed by atoms with Gasteiger partial charge in [0.1, 0.15) is 0 Å². The summed E-state index contributed by atoms with van der Waals surface area (Å²) in [6.45, 7) is 0.937. The zero-order valence-electron chi connectivity index (χ0n) is 6.94. The highest BCUT2D eigenvalue weighted by Gasteiger charge is 2.38. The second-order valence-corrected chi connectivity index (χ2v) is 3.68. The number of nitrogens with zero attached hydrogens (tertiary/aromatic N) is 2. The summed E-state index contributed by atoms with van der Waals surface area (Å²) in [6, 6.07) is 0. The van der Waals surface area contributed by atoms with Crippen LogP contribution in [0, 0.1) is 0 Å². The quantitative estimate of drug-likeness (QED) is 0.723. The molecule has 7 heteroatoms. The van der Waals surface area contributed by atoms with Crippen LogP contribution in [0.1, 0.15) is 11.4 Å². The Morgan fingerprint density at radius 1 is 1.43 bits per heavy atom. The lowest BCUT2D eigenvalue weighted by Gasteiger charge is -2.13. The van der Waals surface area contributed by atoms with Crippen LogP contribution < -0.4 is 0 Å². The van der Waals surface area contributed by atoms with E-state index in [1.165, 1.54) is 4.68 Å². The molecule has 2 rings (SSSR count). The molecular weight excluding hydrogens is 265 g/mol. The molecule has 1 aliphatic heterocycles. The van der Waals surface area contributed by atoms with Crippen LogP contribution in [0.2, 0.25) is 0 Å². The smallest absolute Gasteiger partial charge is 0.373 e. The summed E-state index contributed by atoms with van der Waals surface area (Å²) in [5, 5.41) is 3.49. The maximum Gasteiger partial charge on any atom is 0.436 e. The number of aromatic nitrogens is 2. The Morgan fingerprint density at radius 2 is 2.14 bits per heavy atom. The lowest BCUT2D eigenvalue weighted by Crippen LogP contribution is -2.17. The monoisotopic (exact) mass is 270 g/mol. The van der Waals surface area contributed by atoms with Crippen LogP contribution in [-0.4, -0.2) is 16.4 Å². The van der Waals surface area contributed by atoms with Gasteiger partial charge in [-0.05, 0) is 15.9 Å². The Labute approximate surface area is 86.0 Å². The van der Waals surface area contributed by atoms with E-state index in [1.807, 2.05) is 0 Å². The van der Waals surface area contributed by atoms with Crippen LogP contribution >= 0.6 is 15.9 Å². The van der Waals surface area contributed by atoms with Gasteiger partial charge < -0.3 is 4.74 Å². The molecule has 0 aliphatic carbocycles. The normalized spacial score (nSPS) is 16.9. The van der Waals surface area contributed by atoms with E-state index in [1.54, 1.807) is 0 Å². The van der Waals surface area contributed by atoms with E-state index in [2.05, 4.69) is 21.0 Å². The van der Waals surface area contributed by atoms with E-state index in [-0.39, 0.29) is 11.1 Å². The standard InChI is InChI=1S/C7H6BrF3N2O/c8-5-4-3-14-2-1-13(4)12-6(5)7(9,10)11/h1-3H2. The molecule has 0 saturated carbocycles. The summed E-state index contributed by atoms with van der Waals surface area (Å²) >= 11 is 2.89. The third-order valence-electron chi connectivity index (χ3n) is 1.95. The Kier molecular flexibility index (Phi) is 2.30. The molecule has 0 fully saturated rings. The molecule has 0 saturated heterocycles. The van der Waals surface area contributed by atoms with Crippen molar-refractivity contribution in [2.75, 3.05) is 6.61 Å². The van der Waals surface area contributed by atoms with Crippen molar-refractivity contribution in [1.82, 2.24) is 9.78 Å². The molecule has 3 nitrogen and oxygen atoms in total. The Bertz CT molecular complexity index is 361. The summed E-state index contributed by atoms with van der Waals surface area (Å²) in [7, 11) is 0. The van der Waals surface area contributed by atoms with Crippen molar-refractivity contribution in [3.8, 4) is 0 Å². The van der Waals surface area contributed by atoms with Crippen LogP contribution in [0.25, 0.3) is 0 Å². The molecule has 1 aromatic heterocycles. The molecule has 0 radical (unpaired) electrons. The zero-order chi connectivity index (χ0) is 10.3. The van der Waals surface area contributed by atoms with Gasteiger partial charge in [0.25, 0.3) is 0 Å². The van der Waals surface area contributed by atoms with Crippen molar-refractivity contribution in [3.63, 3.8) is 0 Å². The maximum atomic E-state index is 12.4. The molecule has 0 atom stereocenters.